The summed E-state index contributed by atoms with van der Waals surface area (Å²) in [7, 11) is 0. The Balaban J connectivity index is 1.81. The van der Waals surface area contributed by atoms with Gasteiger partial charge in [0, 0.05) is 22.9 Å². The third-order valence-electron chi connectivity index (χ3n) is 4.27. The Morgan fingerprint density at radius 1 is 1.30 bits per heavy atom. The molecule has 6 heteroatoms. The van der Waals surface area contributed by atoms with Crippen LogP contribution in [0.15, 0.2) is 41.4 Å². The van der Waals surface area contributed by atoms with Gasteiger partial charge in [-0.1, -0.05) is 26.0 Å². The monoisotopic (exact) mass is 384 g/mol. The van der Waals surface area contributed by atoms with Gasteiger partial charge in [0.1, 0.15) is 6.54 Å². The SMILES string of the molecule is CCOC(=O)CN1CCc2cc(-c3cccc(SC(C)C)n3)ccc2C1=O. The van der Waals surface area contributed by atoms with E-state index in [4.69, 9.17) is 9.72 Å². The molecule has 2 aromatic rings. The molecule has 0 saturated carbocycles. The number of fused-ring (bicyclic) bond motifs is 1. The van der Waals surface area contributed by atoms with E-state index in [2.05, 4.69) is 13.8 Å². The number of ether oxygens (including phenoxy) is 1. The van der Waals surface area contributed by atoms with Crippen LogP contribution in [0.25, 0.3) is 11.3 Å². The molecule has 3 rings (SSSR count). The van der Waals surface area contributed by atoms with E-state index in [-0.39, 0.29) is 18.4 Å². The van der Waals surface area contributed by atoms with E-state index in [0.717, 1.165) is 28.3 Å². The van der Waals surface area contributed by atoms with Crippen molar-refractivity contribution in [2.45, 2.75) is 37.5 Å². The second kappa shape index (κ2) is 8.57. The van der Waals surface area contributed by atoms with Gasteiger partial charge in [0.2, 0.25) is 0 Å². The molecular formula is C21H24N2O3S. The molecule has 0 N–H and O–H groups in total. The summed E-state index contributed by atoms with van der Waals surface area (Å²) in [4.78, 5) is 30.7. The Kier molecular flexibility index (Phi) is 6.16. The second-order valence-corrected chi connectivity index (χ2v) is 8.28. The van der Waals surface area contributed by atoms with Gasteiger partial charge in [-0.3, -0.25) is 9.59 Å². The first-order chi connectivity index (χ1) is 13.0. The minimum absolute atomic E-state index is 0.00386. The molecular weight excluding hydrogens is 360 g/mol. The molecule has 0 bridgehead atoms. The zero-order valence-electron chi connectivity index (χ0n) is 15.9. The Morgan fingerprint density at radius 2 is 2.11 bits per heavy atom. The fourth-order valence-electron chi connectivity index (χ4n) is 3.09. The van der Waals surface area contributed by atoms with Crippen LogP contribution in [-0.4, -0.2) is 46.7 Å². The summed E-state index contributed by atoms with van der Waals surface area (Å²) in [6.45, 7) is 6.89. The number of carbonyl (C=O) groups excluding carboxylic acids is 2. The molecule has 0 radical (unpaired) electrons. The van der Waals surface area contributed by atoms with Gasteiger partial charge < -0.3 is 9.64 Å². The van der Waals surface area contributed by atoms with Crippen molar-refractivity contribution in [1.82, 2.24) is 9.88 Å². The first-order valence-electron chi connectivity index (χ1n) is 9.20. The highest BCUT2D eigenvalue weighted by Crippen LogP contribution is 2.28. The zero-order chi connectivity index (χ0) is 19.4. The van der Waals surface area contributed by atoms with Gasteiger partial charge in [0.25, 0.3) is 5.91 Å². The van der Waals surface area contributed by atoms with Crippen LogP contribution in [-0.2, 0) is 16.0 Å². The van der Waals surface area contributed by atoms with Crippen LogP contribution in [0.2, 0.25) is 0 Å². The average molecular weight is 385 g/mol. The van der Waals surface area contributed by atoms with Crippen molar-refractivity contribution < 1.29 is 14.3 Å². The Hall–Kier alpha value is -2.34. The molecule has 0 saturated heterocycles. The highest BCUT2D eigenvalue weighted by Gasteiger charge is 2.26. The summed E-state index contributed by atoms with van der Waals surface area (Å²) in [5.41, 5.74) is 3.57. The number of pyridine rings is 1. The Labute approximate surface area is 164 Å². The molecule has 1 aromatic heterocycles. The predicted octanol–water partition coefficient (Wildman–Crippen LogP) is 3.81. The van der Waals surface area contributed by atoms with E-state index >= 15 is 0 Å². The van der Waals surface area contributed by atoms with Crippen molar-refractivity contribution in [2.24, 2.45) is 0 Å². The number of nitrogens with zero attached hydrogens (tertiary/aromatic N) is 2. The number of carbonyl (C=O) groups is 2. The van der Waals surface area contributed by atoms with Crippen LogP contribution < -0.4 is 0 Å². The molecule has 1 amide bonds. The molecule has 0 unspecified atom stereocenters. The first kappa shape index (κ1) is 19.4. The number of rotatable bonds is 6. The summed E-state index contributed by atoms with van der Waals surface area (Å²) < 4.78 is 4.95. The van der Waals surface area contributed by atoms with E-state index in [0.29, 0.717) is 24.0 Å². The molecule has 0 fully saturated rings. The van der Waals surface area contributed by atoms with Gasteiger partial charge in [-0.05, 0) is 43.2 Å². The molecule has 0 aliphatic carbocycles. The Bertz CT molecular complexity index is 851. The van der Waals surface area contributed by atoms with Crippen molar-refractivity contribution in [2.75, 3.05) is 19.7 Å². The van der Waals surface area contributed by atoms with E-state index in [1.807, 2.05) is 36.4 Å². The maximum atomic E-state index is 12.7. The number of aromatic nitrogens is 1. The van der Waals surface area contributed by atoms with E-state index < -0.39 is 0 Å². The largest absolute Gasteiger partial charge is 0.465 e. The number of hydrogen-bond acceptors (Lipinski definition) is 5. The van der Waals surface area contributed by atoms with Crippen LogP contribution in [0, 0.1) is 0 Å². The van der Waals surface area contributed by atoms with E-state index in [1.165, 1.54) is 0 Å². The van der Waals surface area contributed by atoms with Crippen molar-refractivity contribution in [3.63, 3.8) is 0 Å². The highest BCUT2D eigenvalue weighted by molar-refractivity contribution is 7.99. The predicted molar refractivity (Wildman–Crippen MR) is 107 cm³/mol. The average Bonchev–Trinajstić information content (AvgIpc) is 2.64. The van der Waals surface area contributed by atoms with Crippen LogP contribution in [0.5, 0.6) is 0 Å². The smallest absolute Gasteiger partial charge is 0.325 e. The fraction of sp³-hybridized carbons (Fsp3) is 0.381. The molecule has 2 heterocycles. The molecule has 27 heavy (non-hydrogen) atoms. The van der Waals surface area contributed by atoms with Crippen molar-refractivity contribution in [1.29, 1.82) is 0 Å². The lowest BCUT2D eigenvalue weighted by Gasteiger charge is -2.28. The van der Waals surface area contributed by atoms with Gasteiger partial charge in [-0.25, -0.2) is 4.98 Å². The van der Waals surface area contributed by atoms with E-state index in [9.17, 15) is 9.59 Å². The highest BCUT2D eigenvalue weighted by atomic mass is 32.2. The second-order valence-electron chi connectivity index (χ2n) is 6.68. The summed E-state index contributed by atoms with van der Waals surface area (Å²) in [6, 6.07) is 11.8. The maximum Gasteiger partial charge on any atom is 0.325 e. The van der Waals surface area contributed by atoms with Gasteiger partial charge >= 0.3 is 5.97 Å². The zero-order valence-corrected chi connectivity index (χ0v) is 16.7. The maximum absolute atomic E-state index is 12.7. The van der Waals surface area contributed by atoms with Crippen LogP contribution in [0.1, 0.15) is 36.7 Å². The molecule has 1 aliphatic rings. The number of hydrogen-bond donors (Lipinski definition) is 0. The number of benzene rings is 1. The first-order valence-corrected chi connectivity index (χ1v) is 10.1. The lowest BCUT2D eigenvalue weighted by Crippen LogP contribution is -2.41. The van der Waals surface area contributed by atoms with Crippen LogP contribution in [0.4, 0.5) is 0 Å². The third-order valence-corrected chi connectivity index (χ3v) is 5.22. The standard InChI is InChI=1S/C21H24N2O3S/c1-4-26-20(24)13-23-11-10-15-12-16(8-9-17(15)21(23)25)18-6-5-7-19(22-18)27-14(2)3/h5-9,12,14H,4,10-11,13H2,1-3H3. The fourth-order valence-corrected chi connectivity index (χ4v) is 3.88. The van der Waals surface area contributed by atoms with E-state index in [1.54, 1.807) is 23.6 Å². The lowest BCUT2D eigenvalue weighted by molar-refractivity contribution is -0.143. The van der Waals surface area contributed by atoms with Gasteiger partial charge in [-0.15, -0.1) is 11.8 Å². The molecule has 1 aromatic carbocycles. The van der Waals surface area contributed by atoms with Crippen LogP contribution >= 0.6 is 11.8 Å². The number of amides is 1. The van der Waals surface area contributed by atoms with Crippen molar-refractivity contribution >= 4 is 23.6 Å². The van der Waals surface area contributed by atoms with Gasteiger partial charge in [0.15, 0.2) is 0 Å². The Morgan fingerprint density at radius 3 is 2.85 bits per heavy atom. The molecule has 142 valence electrons. The molecule has 1 aliphatic heterocycles. The topological polar surface area (TPSA) is 59.5 Å². The van der Waals surface area contributed by atoms with Crippen molar-refractivity contribution in [3.8, 4) is 11.3 Å². The molecule has 0 atom stereocenters. The molecule has 0 spiro atoms. The number of esters is 1. The summed E-state index contributed by atoms with van der Waals surface area (Å²) >= 11 is 1.73. The minimum atomic E-state index is -0.366. The van der Waals surface area contributed by atoms with Crippen LogP contribution in [0.3, 0.4) is 0 Å². The lowest BCUT2D eigenvalue weighted by atomic mass is 9.95. The third kappa shape index (κ3) is 4.69. The van der Waals surface area contributed by atoms with Crippen molar-refractivity contribution in [3.05, 3.63) is 47.5 Å². The molecule has 5 nitrogen and oxygen atoms in total. The minimum Gasteiger partial charge on any atom is -0.465 e. The van der Waals surface area contributed by atoms with Gasteiger partial charge in [0.05, 0.1) is 17.3 Å². The summed E-state index contributed by atoms with van der Waals surface area (Å²) in [5, 5.41) is 1.47. The normalized spacial score (nSPS) is 13.6. The van der Waals surface area contributed by atoms with Gasteiger partial charge in [-0.2, -0.15) is 0 Å². The quantitative estimate of drug-likeness (QED) is 0.560. The number of thioether (sulfide) groups is 1. The summed E-state index contributed by atoms with van der Waals surface area (Å²) in [5.74, 6) is -0.484. The summed E-state index contributed by atoms with van der Waals surface area (Å²) in [6.07, 6.45) is 0.717.